The van der Waals surface area contributed by atoms with E-state index in [2.05, 4.69) is 113 Å². The van der Waals surface area contributed by atoms with Crippen molar-refractivity contribution in [3.8, 4) is 11.5 Å². The summed E-state index contributed by atoms with van der Waals surface area (Å²) < 4.78 is 0.968. The van der Waals surface area contributed by atoms with Gasteiger partial charge in [0.05, 0.1) is 0 Å². The molecule has 0 aliphatic heterocycles. The summed E-state index contributed by atoms with van der Waals surface area (Å²) in [5, 5.41) is 28.7. The number of aryl methyl sites for hydroxylation is 1. The first kappa shape index (κ1) is 34.5. The van der Waals surface area contributed by atoms with E-state index in [9.17, 15) is 10.2 Å². The van der Waals surface area contributed by atoms with E-state index >= 15 is 0 Å². The molecule has 2 nitrogen and oxygen atoms in total. The molecule has 2 N–H and O–H groups in total. The first-order valence-electron chi connectivity index (χ1n) is 16.7. The maximum Gasteiger partial charge on any atom is 0.166 e. The Morgan fingerprint density at radius 2 is 1.60 bits per heavy atom. The number of phenols is 2. The number of hydrogen-bond donors (Lipinski definition) is 2. The minimum Gasteiger partial charge on any atom is -0.504 e. The maximum atomic E-state index is 11.6. The van der Waals surface area contributed by atoms with Crippen molar-refractivity contribution in [1.29, 1.82) is 0 Å². The highest BCUT2D eigenvalue weighted by Gasteiger charge is 2.25. The van der Waals surface area contributed by atoms with Crippen molar-refractivity contribution in [2.24, 2.45) is 0 Å². The molecule has 0 saturated heterocycles. The Morgan fingerprint density at radius 3 is 2.23 bits per heavy atom. The fourth-order valence-electron chi connectivity index (χ4n) is 7.00. The van der Waals surface area contributed by atoms with Crippen LogP contribution in [0.25, 0.3) is 54.9 Å². The number of fused-ring (bicyclic) bond motifs is 4. The molecule has 1 aromatic heterocycles. The summed E-state index contributed by atoms with van der Waals surface area (Å²) in [6.07, 6.45) is 17.2. The average Bonchev–Trinajstić information content (AvgIpc) is 3.47. The van der Waals surface area contributed by atoms with Gasteiger partial charge in [0.15, 0.2) is 11.5 Å². The zero-order valence-corrected chi connectivity index (χ0v) is 29.9. The summed E-state index contributed by atoms with van der Waals surface area (Å²) in [6, 6.07) is 19.7. The molecule has 0 atom stereocenters. The smallest absolute Gasteiger partial charge is 0.166 e. The molecule has 6 rings (SSSR count). The fourth-order valence-corrected chi connectivity index (χ4v) is 8.44. The minimum atomic E-state index is -0.0690. The quantitative estimate of drug-likeness (QED) is 0.0796. The standard InChI is InChI=1S/C42H40O2S.C3H6/c1-7-17-36-31(9-3)37-27(6)40(43)41(44)38(42(37)45-36)26(5)25(4)30(8-2)39(28-18-11-10-12-19-28)35-24-29-20-13-14-21-32(29)33-22-15-16-23-34(33)35;1-3-2/h7,9-11,13-18,20-24,43-44H,3,8,12,19H2,1-2,4-6H3;3H,1H2,2H3/b17-7-,26-25+,39-30+;. The molecule has 1 heterocycles. The van der Waals surface area contributed by atoms with E-state index in [1.165, 1.54) is 43.8 Å². The van der Waals surface area contributed by atoms with Gasteiger partial charge in [0, 0.05) is 31.7 Å². The monoisotopic (exact) mass is 650 g/mol. The van der Waals surface area contributed by atoms with Crippen LogP contribution in [-0.4, -0.2) is 10.2 Å². The van der Waals surface area contributed by atoms with Gasteiger partial charge in [0.1, 0.15) is 0 Å². The van der Waals surface area contributed by atoms with Crippen molar-refractivity contribution in [2.75, 3.05) is 0 Å². The van der Waals surface area contributed by atoms with Gasteiger partial charge in [-0.1, -0.05) is 98.5 Å². The first-order chi connectivity index (χ1) is 23.2. The number of phenolic OH excluding ortho intramolecular Hbond substituents is 2. The third-order valence-corrected chi connectivity index (χ3v) is 10.5. The lowest BCUT2D eigenvalue weighted by atomic mass is 9.81. The van der Waals surface area contributed by atoms with Gasteiger partial charge in [-0.25, -0.2) is 0 Å². The highest BCUT2D eigenvalue weighted by atomic mass is 32.1. The molecule has 0 amide bonds. The van der Waals surface area contributed by atoms with E-state index in [1.54, 1.807) is 17.4 Å². The van der Waals surface area contributed by atoms with Crippen LogP contribution in [-0.2, 0) is 0 Å². The van der Waals surface area contributed by atoms with Crippen LogP contribution in [0, 0.1) is 6.92 Å². The first-order valence-corrected chi connectivity index (χ1v) is 17.6. The van der Waals surface area contributed by atoms with Crippen molar-refractivity contribution in [1.82, 2.24) is 0 Å². The molecule has 0 bridgehead atoms. The molecule has 5 aromatic rings. The Labute approximate surface area is 289 Å². The molecular weight excluding hydrogens is 605 g/mol. The second-order valence-corrected chi connectivity index (χ2v) is 13.3. The molecule has 0 unspecified atom stereocenters. The van der Waals surface area contributed by atoms with Gasteiger partial charge in [-0.05, 0) is 121 Å². The minimum absolute atomic E-state index is 0.0614. The van der Waals surface area contributed by atoms with Crippen LogP contribution >= 0.6 is 11.3 Å². The number of benzene rings is 4. The lowest BCUT2D eigenvalue weighted by Gasteiger charge is -2.24. The van der Waals surface area contributed by atoms with Crippen LogP contribution < -0.4 is 0 Å². The van der Waals surface area contributed by atoms with E-state index in [0.29, 0.717) is 11.1 Å². The largest absolute Gasteiger partial charge is 0.504 e. The zero-order valence-electron chi connectivity index (χ0n) is 29.1. The number of rotatable bonds is 7. The van der Waals surface area contributed by atoms with E-state index in [4.69, 9.17) is 0 Å². The Balaban J connectivity index is 0.00000145. The fraction of sp³-hybridized carbons (Fsp3) is 0.200. The summed E-state index contributed by atoms with van der Waals surface area (Å²) in [4.78, 5) is 1.07. The Bertz CT molecular complexity index is 2210. The van der Waals surface area contributed by atoms with Crippen LogP contribution in [0.3, 0.4) is 0 Å². The number of aromatic hydroxyl groups is 2. The van der Waals surface area contributed by atoms with Gasteiger partial charge in [-0.2, -0.15) is 0 Å². The summed E-state index contributed by atoms with van der Waals surface area (Å²) in [6.45, 7) is 19.7. The second kappa shape index (κ2) is 14.9. The van der Waals surface area contributed by atoms with Crippen LogP contribution in [0.1, 0.15) is 81.0 Å². The maximum absolute atomic E-state index is 11.6. The molecule has 244 valence electrons. The lowest BCUT2D eigenvalue weighted by molar-refractivity contribution is 0.401. The van der Waals surface area contributed by atoms with Gasteiger partial charge < -0.3 is 10.2 Å². The molecular formula is C45H46O2S. The molecule has 0 spiro atoms. The van der Waals surface area contributed by atoms with E-state index < -0.39 is 0 Å². The predicted molar refractivity (Wildman–Crippen MR) is 214 cm³/mol. The van der Waals surface area contributed by atoms with Crippen molar-refractivity contribution < 1.29 is 10.2 Å². The van der Waals surface area contributed by atoms with E-state index in [0.717, 1.165) is 50.9 Å². The molecule has 0 radical (unpaired) electrons. The van der Waals surface area contributed by atoms with E-state index in [1.807, 2.05) is 32.9 Å². The van der Waals surface area contributed by atoms with Crippen LogP contribution in [0.15, 0.2) is 115 Å². The van der Waals surface area contributed by atoms with Gasteiger partial charge in [0.25, 0.3) is 0 Å². The number of allylic oxidation sites excluding steroid dienone is 10. The van der Waals surface area contributed by atoms with Crippen molar-refractivity contribution in [2.45, 2.75) is 60.8 Å². The molecule has 3 heteroatoms. The highest BCUT2D eigenvalue weighted by Crippen LogP contribution is 2.50. The third kappa shape index (κ3) is 6.11. The molecule has 4 aromatic carbocycles. The molecule has 1 aliphatic rings. The van der Waals surface area contributed by atoms with Gasteiger partial charge in [0.2, 0.25) is 0 Å². The Kier molecular flexibility index (Phi) is 10.7. The average molecular weight is 651 g/mol. The summed E-state index contributed by atoms with van der Waals surface area (Å²) in [5.41, 5.74) is 9.50. The van der Waals surface area contributed by atoms with Crippen molar-refractivity contribution >= 4 is 66.3 Å². The zero-order chi connectivity index (χ0) is 34.5. The highest BCUT2D eigenvalue weighted by molar-refractivity contribution is 7.20. The van der Waals surface area contributed by atoms with Crippen molar-refractivity contribution in [3.63, 3.8) is 0 Å². The summed E-state index contributed by atoms with van der Waals surface area (Å²) in [5.74, 6) is -0.130. The Hall–Kier alpha value is -4.86. The normalized spacial score (nSPS) is 14.1. The van der Waals surface area contributed by atoms with Gasteiger partial charge in [-0.15, -0.1) is 17.9 Å². The molecule has 0 saturated carbocycles. The summed E-state index contributed by atoms with van der Waals surface area (Å²) >= 11 is 1.64. The summed E-state index contributed by atoms with van der Waals surface area (Å²) in [7, 11) is 0. The van der Waals surface area contributed by atoms with Gasteiger partial charge in [-0.3, -0.25) is 0 Å². The van der Waals surface area contributed by atoms with Crippen LogP contribution in [0.2, 0.25) is 0 Å². The molecule has 1 aliphatic carbocycles. The van der Waals surface area contributed by atoms with Gasteiger partial charge >= 0.3 is 0 Å². The second-order valence-electron chi connectivity index (χ2n) is 12.2. The SMILES string of the molecule is C=CC.C=Cc1c(/C=C\C)sc2c(/C(C)=C(C)/C(CC)=C(\C3=CC=CCC3)c3cc4ccccc4c4ccccc34)c(O)c(O)c(C)c12. The Morgan fingerprint density at radius 1 is 0.938 bits per heavy atom. The van der Waals surface area contributed by atoms with Crippen molar-refractivity contribution in [3.05, 3.63) is 142 Å². The predicted octanol–water partition coefficient (Wildman–Crippen LogP) is 13.7. The topological polar surface area (TPSA) is 40.5 Å². The lowest BCUT2D eigenvalue weighted by Crippen LogP contribution is -2.02. The molecule has 0 fully saturated rings. The van der Waals surface area contributed by atoms with E-state index in [-0.39, 0.29) is 11.5 Å². The van der Waals surface area contributed by atoms with Crippen LogP contribution in [0.4, 0.5) is 0 Å². The van der Waals surface area contributed by atoms with Crippen LogP contribution in [0.5, 0.6) is 11.5 Å². The molecule has 48 heavy (non-hydrogen) atoms. The number of thiophene rings is 1. The third-order valence-electron chi connectivity index (χ3n) is 9.33. The number of hydrogen-bond acceptors (Lipinski definition) is 3.